The maximum absolute atomic E-state index is 9.73. The van der Waals surface area contributed by atoms with E-state index in [1.807, 2.05) is 91.0 Å². The van der Waals surface area contributed by atoms with E-state index in [1.165, 1.54) is 0 Å². The summed E-state index contributed by atoms with van der Waals surface area (Å²) >= 11 is 0. The molecule has 5 rings (SSSR count). The zero-order valence-corrected chi connectivity index (χ0v) is 16.8. The minimum absolute atomic E-state index is 0.249. The van der Waals surface area contributed by atoms with Crippen LogP contribution in [0.25, 0.3) is 33.4 Å². The molecule has 4 nitrogen and oxygen atoms in total. The Hall–Kier alpha value is -4.18. The van der Waals surface area contributed by atoms with E-state index in [9.17, 15) is 5.11 Å². The maximum atomic E-state index is 9.73. The third kappa shape index (κ3) is 4.23. The third-order valence-electron chi connectivity index (χ3n) is 5.08. The predicted molar refractivity (Wildman–Crippen MR) is 123 cm³/mol. The van der Waals surface area contributed by atoms with Crippen LogP contribution in [-0.4, -0.2) is 15.1 Å². The molecule has 0 aliphatic heterocycles. The van der Waals surface area contributed by atoms with Crippen LogP contribution in [0.4, 0.5) is 0 Å². The van der Waals surface area contributed by atoms with Crippen LogP contribution in [0.2, 0.25) is 0 Å². The standard InChI is InChI=1S/C27H20N2O2/c30-24-14-13-21-15-23(12-11-22(21)16-24)27-28-25(20-9-5-2-6-10-20)17-26(29-27)31-18-19-7-3-1-4-8-19/h1-17,30H,18H2. The lowest BCUT2D eigenvalue weighted by Crippen LogP contribution is -2.00. The van der Waals surface area contributed by atoms with Gasteiger partial charge < -0.3 is 9.84 Å². The summed E-state index contributed by atoms with van der Waals surface area (Å²) in [5, 5.41) is 11.7. The van der Waals surface area contributed by atoms with Crippen molar-refractivity contribution in [2.45, 2.75) is 6.61 Å². The van der Waals surface area contributed by atoms with Gasteiger partial charge in [0.25, 0.3) is 0 Å². The normalized spacial score (nSPS) is 10.8. The van der Waals surface area contributed by atoms with Crippen molar-refractivity contribution >= 4 is 10.8 Å². The third-order valence-corrected chi connectivity index (χ3v) is 5.08. The molecule has 0 atom stereocenters. The lowest BCUT2D eigenvalue weighted by atomic mass is 10.1. The van der Waals surface area contributed by atoms with Crippen LogP contribution in [-0.2, 0) is 6.61 Å². The zero-order chi connectivity index (χ0) is 21.0. The van der Waals surface area contributed by atoms with Gasteiger partial charge in [-0.3, -0.25) is 0 Å². The number of benzene rings is 4. The highest BCUT2D eigenvalue weighted by molar-refractivity contribution is 5.87. The van der Waals surface area contributed by atoms with E-state index in [4.69, 9.17) is 9.72 Å². The lowest BCUT2D eigenvalue weighted by Gasteiger charge is -2.11. The summed E-state index contributed by atoms with van der Waals surface area (Å²) in [5.41, 5.74) is 3.77. The van der Waals surface area contributed by atoms with Gasteiger partial charge in [0.1, 0.15) is 12.4 Å². The van der Waals surface area contributed by atoms with Crippen LogP contribution in [0, 0.1) is 0 Å². The molecule has 0 saturated heterocycles. The van der Waals surface area contributed by atoms with Crippen LogP contribution < -0.4 is 4.74 Å². The Morgan fingerprint density at radius 3 is 2.16 bits per heavy atom. The number of fused-ring (bicyclic) bond motifs is 1. The Balaban J connectivity index is 1.56. The number of phenols is 1. The number of nitrogens with zero attached hydrogens (tertiary/aromatic N) is 2. The molecule has 150 valence electrons. The van der Waals surface area contributed by atoms with E-state index in [0.717, 1.165) is 33.2 Å². The molecule has 31 heavy (non-hydrogen) atoms. The van der Waals surface area contributed by atoms with Gasteiger partial charge in [0.05, 0.1) is 5.69 Å². The molecule has 1 aromatic heterocycles. The molecule has 0 saturated carbocycles. The molecule has 0 fully saturated rings. The summed E-state index contributed by atoms with van der Waals surface area (Å²) < 4.78 is 6.04. The van der Waals surface area contributed by atoms with Crippen molar-refractivity contribution in [2.24, 2.45) is 0 Å². The van der Waals surface area contributed by atoms with E-state index in [1.54, 1.807) is 12.1 Å². The fourth-order valence-electron chi connectivity index (χ4n) is 3.49. The zero-order valence-electron chi connectivity index (χ0n) is 16.8. The molecule has 0 aliphatic carbocycles. The lowest BCUT2D eigenvalue weighted by molar-refractivity contribution is 0.294. The van der Waals surface area contributed by atoms with Crippen molar-refractivity contribution in [1.29, 1.82) is 0 Å². The SMILES string of the molecule is Oc1ccc2cc(-c3nc(OCc4ccccc4)cc(-c4ccccc4)n3)ccc2c1. The summed E-state index contributed by atoms with van der Waals surface area (Å²) in [6.07, 6.45) is 0. The predicted octanol–water partition coefficient (Wildman–Crippen LogP) is 6.25. The smallest absolute Gasteiger partial charge is 0.217 e. The molecule has 0 spiro atoms. The molecule has 5 aromatic rings. The van der Waals surface area contributed by atoms with Crippen LogP contribution in [0.5, 0.6) is 11.6 Å². The molecule has 4 aromatic carbocycles. The van der Waals surface area contributed by atoms with Gasteiger partial charge in [0, 0.05) is 17.2 Å². The highest BCUT2D eigenvalue weighted by Gasteiger charge is 2.11. The van der Waals surface area contributed by atoms with Gasteiger partial charge in [-0.05, 0) is 34.5 Å². The van der Waals surface area contributed by atoms with Gasteiger partial charge in [0.2, 0.25) is 5.88 Å². The van der Waals surface area contributed by atoms with Crippen molar-refractivity contribution in [1.82, 2.24) is 9.97 Å². The number of rotatable bonds is 5. The number of hydrogen-bond donors (Lipinski definition) is 1. The van der Waals surface area contributed by atoms with E-state index in [0.29, 0.717) is 18.3 Å². The highest BCUT2D eigenvalue weighted by atomic mass is 16.5. The first kappa shape index (κ1) is 18.8. The second-order valence-electron chi connectivity index (χ2n) is 7.30. The Bertz CT molecular complexity index is 1340. The minimum atomic E-state index is 0.249. The number of aromatic nitrogens is 2. The minimum Gasteiger partial charge on any atom is -0.508 e. The Morgan fingerprint density at radius 2 is 1.35 bits per heavy atom. The fourth-order valence-corrected chi connectivity index (χ4v) is 3.49. The van der Waals surface area contributed by atoms with E-state index in [-0.39, 0.29) is 5.75 Å². The van der Waals surface area contributed by atoms with Crippen LogP contribution in [0.1, 0.15) is 5.56 Å². The summed E-state index contributed by atoms with van der Waals surface area (Å²) in [6, 6.07) is 33.2. The first-order valence-corrected chi connectivity index (χ1v) is 10.1. The Labute approximate surface area is 180 Å². The molecule has 1 heterocycles. The molecule has 0 amide bonds. The quantitative estimate of drug-likeness (QED) is 0.376. The molecular weight excluding hydrogens is 384 g/mol. The Kier molecular flexibility index (Phi) is 5.03. The average Bonchev–Trinajstić information content (AvgIpc) is 2.83. The summed E-state index contributed by atoms with van der Waals surface area (Å²) in [4.78, 5) is 9.50. The Morgan fingerprint density at radius 1 is 0.645 bits per heavy atom. The van der Waals surface area contributed by atoms with Gasteiger partial charge in [-0.1, -0.05) is 78.9 Å². The first-order valence-electron chi connectivity index (χ1n) is 10.1. The topological polar surface area (TPSA) is 55.2 Å². The molecule has 1 N–H and O–H groups in total. The molecule has 0 aliphatic rings. The number of hydrogen-bond acceptors (Lipinski definition) is 4. The number of ether oxygens (including phenoxy) is 1. The fraction of sp³-hybridized carbons (Fsp3) is 0.0370. The monoisotopic (exact) mass is 404 g/mol. The largest absolute Gasteiger partial charge is 0.508 e. The second kappa shape index (κ2) is 8.28. The van der Waals surface area contributed by atoms with Crippen molar-refractivity contribution < 1.29 is 9.84 Å². The van der Waals surface area contributed by atoms with Crippen LogP contribution >= 0.6 is 0 Å². The molecule has 0 radical (unpaired) electrons. The average molecular weight is 404 g/mol. The van der Waals surface area contributed by atoms with Gasteiger partial charge in [0.15, 0.2) is 5.82 Å². The molecule has 0 unspecified atom stereocenters. The summed E-state index contributed by atoms with van der Waals surface area (Å²) in [5.74, 6) is 1.37. The summed E-state index contributed by atoms with van der Waals surface area (Å²) in [7, 11) is 0. The van der Waals surface area contributed by atoms with Gasteiger partial charge >= 0.3 is 0 Å². The summed E-state index contributed by atoms with van der Waals surface area (Å²) in [6.45, 7) is 0.433. The maximum Gasteiger partial charge on any atom is 0.217 e. The molecular formula is C27H20N2O2. The highest BCUT2D eigenvalue weighted by Crippen LogP contribution is 2.29. The first-order chi connectivity index (χ1) is 15.2. The van der Waals surface area contributed by atoms with E-state index in [2.05, 4.69) is 4.98 Å². The van der Waals surface area contributed by atoms with Gasteiger partial charge in [-0.2, -0.15) is 4.98 Å². The van der Waals surface area contributed by atoms with Crippen LogP contribution in [0.3, 0.4) is 0 Å². The van der Waals surface area contributed by atoms with Crippen molar-refractivity contribution in [3.05, 3.63) is 109 Å². The van der Waals surface area contributed by atoms with Crippen molar-refractivity contribution in [3.8, 4) is 34.3 Å². The van der Waals surface area contributed by atoms with Crippen molar-refractivity contribution in [3.63, 3.8) is 0 Å². The number of aromatic hydroxyl groups is 1. The number of phenolic OH excluding ortho intramolecular Hbond substituents is 1. The van der Waals surface area contributed by atoms with Crippen LogP contribution in [0.15, 0.2) is 103 Å². The molecule has 4 heteroatoms. The second-order valence-corrected chi connectivity index (χ2v) is 7.30. The van der Waals surface area contributed by atoms with Gasteiger partial charge in [-0.15, -0.1) is 0 Å². The van der Waals surface area contributed by atoms with Crippen molar-refractivity contribution in [2.75, 3.05) is 0 Å². The van der Waals surface area contributed by atoms with E-state index < -0.39 is 0 Å². The van der Waals surface area contributed by atoms with Gasteiger partial charge in [-0.25, -0.2) is 4.98 Å². The van der Waals surface area contributed by atoms with E-state index >= 15 is 0 Å². The molecule has 0 bridgehead atoms.